The van der Waals surface area contributed by atoms with Gasteiger partial charge in [-0.15, -0.1) is 0 Å². The van der Waals surface area contributed by atoms with E-state index >= 15 is 0 Å². The fourth-order valence-corrected chi connectivity index (χ4v) is 2.61. The van der Waals surface area contributed by atoms with Crippen LogP contribution < -0.4 is 0 Å². The number of aromatic nitrogens is 1. The lowest BCUT2D eigenvalue weighted by atomic mass is 9.89. The van der Waals surface area contributed by atoms with E-state index in [1.165, 1.54) is 37.2 Å². The molecule has 0 radical (unpaired) electrons. The Labute approximate surface area is 90.6 Å². The van der Waals surface area contributed by atoms with Crippen LogP contribution in [0.15, 0.2) is 36.3 Å². The van der Waals surface area contributed by atoms with E-state index in [1.54, 1.807) is 0 Å². The molecule has 0 atom stereocenters. The predicted molar refractivity (Wildman–Crippen MR) is 60.3 cm³/mol. The summed E-state index contributed by atoms with van der Waals surface area (Å²) >= 11 is 0. The SMILES string of the molecule is C1=C(Cc2cccnc2)N2CCC1CC2. The van der Waals surface area contributed by atoms with Crippen LogP contribution in [0.4, 0.5) is 0 Å². The molecule has 78 valence electrons. The van der Waals surface area contributed by atoms with Crippen molar-refractivity contribution in [3.63, 3.8) is 0 Å². The molecule has 2 nitrogen and oxygen atoms in total. The lowest BCUT2D eigenvalue weighted by Gasteiger charge is -2.40. The molecule has 0 amide bonds. The number of allylic oxidation sites excluding steroid dienone is 2. The summed E-state index contributed by atoms with van der Waals surface area (Å²) in [5.74, 6) is 0.849. The maximum atomic E-state index is 4.17. The number of rotatable bonds is 2. The minimum Gasteiger partial charge on any atom is -0.375 e. The molecule has 1 saturated heterocycles. The minimum atomic E-state index is 0.849. The highest BCUT2D eigenvalue weighted by molar-refractivity contribution is 5.21. The Morgan fingerprint density at radius 3 is 2.80 bits per heavy atom. The van der Waals surface area contributed by atoms with E-state index in [1.807, 2.05) is 18.5 Å². The van der Waals surface area contributed by atoms with Crippen molar-refractivity contribution in [3.05, 3.63) is 41.9 Å². The zero-order valence-corrected chi connectivity index (χ0v) is 8.89. The molecule has 0 N–H and O–H groups in total. The van der Waals surface area contributed by atoms with Crippen molar-refractivity contribution in [2.75, 3.05) is 13.1 Å². The van der Waals surface area contributed by atoms with Crippen LogP contribution in [-0.2, 0) is 6.42 Å². The first kappa shape index (κ1) is 8.96. The molecule has 1 aromatic heterocycles. The first-order chi connectivity index (χ1) is 7.42. The third-order valence-electron chi connectivity index (χ3n) is 3.48. The van der Waals surface area contributed by atoms with Gasteiger partial charge in [-0.2, -0.15) is 0 Å². The predicted octanol–water partition coefficient (Wildman–Crippen LogP) is 2.23. The number of fused-ring (bicyclic) bond motifs is 2. The summed E-state index contributed by atoms with van der Waals surface area (Å²) in [6.45, 7) is 2.52. The summed E-state index contributed by atoms with van der Waals surface area (Å²) in [6, 6.07) is 4.18. The smallest absolute Gasteiger partial charge is 0.0303 e. The number of piperidine rings is 1. The van der Waals surface area contributed by atoms with E-state index in [4.69, 9.17) is 0 Å². The van der Waals surface area contributed by atoms with E-state index < -0.39 is 0 Å². The number of nitrogens with zero attached hydrogens (tertiary/aromatic N) is 2. The van der Waals surface area contributed by atoms with Crippen molar-refractivity contribution in [3.8, 4) is 0 Å². The molecule has 0 unspecified atom stereocenters. The summed E-state index contributed by atoms with van der Waals surface area (Å²) in [4.78, 5) is 6.70. The Morgan fingerprint density at radius 1 is 1.33 bits per heavy atom. The molecular formula is C13H16N2. The standard InChI is InChI=1S/C13H16N2/c1-2-12(10-14-5-1)9-13-8-11-3-6-15(13)7-4-11/h1-2,5,8,10-11H,3-4,6-7,9H2. The van der Waals surface area contributed by atoms with Crippen molar-refractivity contribution >= 4 is 0 Å². The van der Waals surface area contributed by atoms with Crippen LogP contribution in [0, 0.1) is 5.92 Å². The largest absolute Gasteiger partial charge is 0.375 e. The van der Waals surface area contributed by atoms with E-state index in [2.05, 4.69) is 22.0 Å². The van der Waals surface area contributed by atoms with E-state index in [0.29, 0.717) is 0 Å². The van der Waals surface area contributed by atoms with Gasteiger partial charge in [0.1, 0.15) is 0 Å². The zero-order valence-electron chi connectivity index (χ0n) is 8.89. The molecule has 0 aliphatic carbocycles. The molecule has 3 aliphatic rings. The molecule has 0 spiro atoms. The van der Waals surface area contributed by atoms with Crippen LogP contribution in [-0.4, -0.2) is 23.0 Å². The summed E-state index contributed by atoms with van der Waals surface area (Å²) in [6.07, 6.45) is 10.1. The van der Waals surface area contributed by atoms with E-state index in [-0.39, 0.29) is 0 Å². The number of hydrogen-bond acceptors (Lipinski definition) is 2. The number of hydrogen-bond donors (Lipinski definition) is 0. The van der Waals surface area contributed by atoms with Gasteiger partial charge in [0, 0.05) is 37.6 Å². The van der Waals surface area contributed by atoms with Crippen LogP contribution in [0.1, 0.15) is 18.4 Å². The third kappa shape index (κ3) is 1.76. The van der Waals surface area contributed by atoms with Crippen molar-refractivity contribution in [1.82, 2.24) is 9.88 Å². The molecule has 1 fully saturated rings. The maximum Gasteiger partial charge on any atom is 0.0303 e. The molecule has 2 bridgehead atoms. The average Bonchev–Trinajstić information content (AvgIpc) is 2.32. The van der Waals surface area contributed by atoms with Gasteiger partial charge >= 0.3 is 0 Å². The molecular weight excluding hydrogens is 184 g/mol. The quantitative estimate of drug-likeness (QED) is 0.727. The van der Waals surface area contributed by atoms with Crippen LogP contribution >= 0.6 is 0 Å². The monoisotopic (exact) mass is 200 g/mol. The van der Waals surface area contributed by atoms with Gasteiger partial charge in [0.2, 0.25) is 0 Å². The zero-order chi connectivity index (χ0) is 10.1. The van der Waals surface area contributed by atoms with Crippen molar-refractivity contribution < 1.29 is 0 Å². The minimum absolute atomic E-state index is 0.849. The lowest BCUT2D eigenvalue weighted by Crippen LogP contribution is -2.38. The Hall–Kier alpha value is -1.31. The molecule has 3 aliphatic heterocycles. The number of pyridine rings is 1. The molecule has 1 aromatic rings. The molecule has 15 heavy (non-hydrogen) atoms. The van der Waals surface area contributed by atoms with Gasteiger partial charge in [-0.3, -0.25) is 4.98 Å². The fourth-order valence-electron chi connectivity index (χ4n) is 2.61. The van der Waals surface area contributed by atoms with Gasteiger partial charge in [0.15, 0.2) is 0 Å². The van der Waals surface area contributed by atoms with Crippen molar-refractivity contribution in [1.29, 1.82) is 0 Å². The van der Waals surface area contributed by atoms with Crippen molar-refractivity contribution in [2.24, 2.45) is 5.92 Å². The third-order valence-corrected chi connectivity index (χ3v) is 3.48. The van der Waals surface area contributed by atoms with Crippen LogP contribution in [0.3, 0.4) is 0 Å². The first-order valence-corrected chi connectivity index (χ1v) is 5.76. The molecule has 0 aromatic carbocycles. The van der Waals surface area contributed by atoms with Gasteiger partial charge in [0.05, 0.1) is 0 Å². The molecule has 4 rings (SSSR count). The highest BCUT2D eigenvalue weighted by Crippen LogP contribution is 2.30. The van der Waals surface area contributed by atoms with Gasteiger partial charge in [0.25, 0.3) is 0 Å². The van der Waals surface area contributed by atoms with E-state index in [9.17, 15) is 0 Å². The molecule has 4 heterocycles. The Balaban J connectivity index is 1.79. The van der Waals surface area contributed by atoms with Gasteiger partial charge in [-0.1, -0.05) is 12.1 Å². The fraction of sp³-hybridized carbons (Fsp3) is 0.462. The second-order valence-electron chi connectivity index (χ2n) is 4.52. The Morgan fingerprint density at radius 2 is 2.20 bits per heavy atom. The average molecular weight is 200 g/mol. The second kappa shape index (κ2) is 3.69. The highest BCUT2D eigenvalue weighted by Gasteiger charge is 2.25. The molecule has 0 saturated carbocycles. The van der Waals surface area contributed by atoms with Gasteiger partial charge in [-0.05, 0) is 30.4 Å². The van der Waals surface area contributed by atoms with Gasteiger partial charge < -0.3 is 4.90 Å². The Kier molecular flexibility index (Phi) is 2.20. The topological polar surface area (TPSA) is 16.1 Å². The summed E-state index contributed by atoms with van der Waals surface area (Å²) < 4.78 is 0. The van der Waals surface area contributed by atoms with Crippen LogP contribution in [0.5, 0.6) is 0 Å². The maximum absolute atomic E-state index is 4.17. The van der Waals surface area contributed by atoms with Crippen molar-refractivity contribution in [2.45, 2.75) is 19.3 Å². The second-order valence-corrected chi connectivity index (χ2v) is 4.52. The Bertz CT molecular complexity index is 361. The van der Waals surface area contributed by atoms with Crippen LogP contribution in [0.2, 0.25) is 0 Å². The summed E-state index contributed by atoms with van der Waals surface area (Å²) in [5, 5.41) is 0. The molecule has 2 heteroatoms. The van der Waals surface area contributed by atoms with Crippen LogP contribution in [0.25, 0.3) is 0 Å². The highest BCUT2D eigenvalue weighted by atomic mass is 15.1. The summed E-state index contributed by atoms with van der Waals surface area (Å²) in [5.41, 5.74) is 2.85. The lowest BCUT2D eigenvalue weighted by molar-refractivity contribution is 0.215. The normalized spacial score (nSPS) is 20.5. The summed E-state index contributed by atoms with van der Waals surface area (Å²) in [7, 11) is 0. The first-order valence-electron chi connectivity index (χ1n) is 5.76. The van der Waals surface area contributed by atoms with E-state index in [0.717, 1.165) is 12.3 Å². The van der Waals surface area contributed by atoms with Gasteiger partial charge in [-0.25, -0.2) is 0 Å².